The summed E-state index contributed by atoms with van der Waals surface area (Å²) in [5.41, 5.74) is 1.70. The van der Waals surface area contributed by atoms with Gasteiger partial charge in [-0.25, -0.2) is 14.0 Å². The van der Waals surface area contributed by atoms with E-state index in [0.29, 0.717) is 17.7 Å². The molecular formula is C17H17FN2O3. The fourth-order valence-corrected chi connectivity index (χ4v) is 1.94. The highest BCUT2D eigenvalue weighted by molar-refractivity contribution is 5.89. The first kappa shape index (κ1) is 16.5. The Labute approximate surface area is 133 Å². The second kappa shape index (κ2) is 7.93. The lowest BCUT2D eigenvalue weighted by atomic mass is 10.1. The average molecular weight is 316 g/mol. The van der Waals surface area contributed by atoms with Crippen molar-refractivity contribution in [3.8, 4) is 0 Å². The smallest absolute Gasteiger partial charge is 0.337 e. The number of rotatable bonds is 5. The fourth-order valence-electron chi connectivity index (χ4n) is 1.94. The van der Waals surface area contributed by atoms with Gasteiger partial charge < -0.3 is 15.4 Å². The van der Waals surface area contributed by atoms with Gasteiger partial charge in [0.15, 0.2) is 0 Å². The van der Waals surface area contributed by atoms with Crippen LogP contribution in [0.5, 0.6) is 0 Å². The Hall–Kier alpha value is -2.89. The Morgan fingerprint density at radius 2 is 1.65 bits per heavy atom. The van der Waals surface area contributed by atoms with E-state index in [0.717, 1.165) is 5.56 Å². The molecule has 0 fully saturated rings. The normalized spacial score (nSPS) is 10.0. The van der Waals surface area contributed by atoms with E-state index in [9.17, 15) is 14.0 Å². The molecule has 0 saturated heterocycles. The van der Waals surface area contributed by atoms with Gasteiger partial charge in [-0.3, -0.25) is 0 Å². The number of amides is 2. The molecule has 6 heteroatoms. The van der Waals surface area contributed by atoms with Crippen molar-refractivity contribution in [2.75, 3.05) is 7.11 Å². The minimum Gasteiger partial charge on any atom is -0.465 e. The number of carbonyl (C=O) groups is 2. The highest BCUT2D eigenvalue weighted by atomic mass is 19.1. The van der Waals surface area contributed by atoms with Gasteiger partial charge in [0, 0.05) is 18.7 Å². The molecule has 2 N–H and O–H groups in total. The van der Waals surface area contributed by atoms with Crippen molar-refractivity contribution in [1.29, 1.82) is 0 Å². The summed E-state index contributed by atoms with van der Waals surface area (Å²) in [5.74, 6) is -0.765. The summed E-state index contributed by atoms with van der Waals surface area (Å²) in [4.78, 5) is 23.0. The minimum atomic E-state index is -0.410. The molecule has 0 unspecified atom stereocenters. The summed E-state index contributed by atoms with van der Waals surface area (Å²) >= 11 is 0. The molecular weight excluding hydrogens is 299 g/mol. The van der Waals surface area contributed by atoms with Crippen LogP contribution in [-0.2, 0) is 17.8 Å². The SMILES string of the molecule is COC(=O)c1ccc(CNC(=O)NCc2ccccc2F)cc1. The van der Waals surface area contributed by atoms with Gasteiger partial charge in [0.2, 0.25) is 0 Å². The van der Waals surface area contributed by atoms with Gasteiger partial charge in [-0.15, -0.1) is 0 Å². The van der Waals surface area contributed by atoms with Crippen LogP contribution in [0.2, 0.25) is 0 Å². The zero-order valence-electron chi connectivity index (χ0n) is 12.6. The number of nitrogens with one attached hydrogen (secondary N) is 2. The van der Waals surface area contributed by atoms with Crippen molar-refractivity contribution in [1.82, 2.24) is 10.6 Å². The molecule has 0 aliphatic heterocycles. The summed E-state index contributed by atoms with van der Waals surface area (Å²) in [6.45, 7) is 0.407. The molecule has 23 heavy (non-hydrogen) atoms. The van der Waals surface area contributed by atoms with Crippen LogP contribution in [0.3, 0.4) is 0 Å². The summed E-state index contributed by atoms with van der Waals surface area (Å²) < 4.78 is 18.0. The molecule has 0 spiro atoms. The van der Waals surface area contributed by atoms with Crippen LogP contribution >= 0.6 is 0 Å². The van der Waals surface area contributed by atoms with Crippen molar-refractivity contribution >= 4 is 12.0 Å². The third-order valence-electron chi connectivity index (χ3n) is 3.23. The van der Waals surface area contributed by atoms with Crippen molar-refractivity contribution in [3.05, 3.63) is 71.0 Å². The number of hydrogen-bond donors (Lipinski definition) is 2. The average Bonchev–Trinajstić information content (AvgIpc) is 2.59. The lowest BCUT2D eigenvalue weighted by Crippen LogP contribution is -2.34. The van der Waals surface area contributed by atoms with Crippen LogP contribution < -0.4 is 10.6 Å². The van der Waals surface area contributed by atoms with Gasteiger partial charge in [0.05, 0.1) is 12.7 Å². The lowest BCUT2D eigenvalue weighted by Gasteiger charge is -2.08. The number of carbonyl (C=O) groups excluding carboxylic acids is 2. The number of halogens is 1. The topological polar surface area (TPSA) is 67.4 Å². The van der Waals surface area contributed by atoms with E-state index < -0.39 is 12.0 Å². The number of hydrogen-bond acceptors (Lipinski definition) is 3. The number of methoxy groups -OCH3 is 1. The van der Waals surface area contributed by atoms with Crippen molar-refractivity contribution < 1.29 is 18.7 Å². The molecule has 2 aromatic rings. The third kappa shape index (κ3) is 4.81. The molecule has 2 rings (SSSR count). The van der Waals surface area contributed by atoms with Crippen LogP contribution in [0, 0.1) is 5.82 Å². The largest absolute Gasteiger partial charge is 0.465 e. The van der Waals surface area contributed by atoms with Gasteiger partial charge in [0.1, 0.15) is 5.82 Å². The molecule has 0 radical (unpaired) electrons. The molecule has 2 amide bonds. The van der Waals surface area contributed by atoms with Crippen molar-refractivity contribution in [2.24, 2.45) is 0 Å². The van der Waals surface area contributed by atoms with E-state index in [1.807, 2.05) is 0 Å². The third-order valence-corrected chi connectivity index (χ3v) is 3.23. The van der Waals surface area contributed by atoms with Gasteiger partial charge in [-0.2, -0.15) is 0 Å². The van der Waals surface area contributed by atoms with Crippen LogP contribution in [-0.4, -0.2) is 19.1 Å². The Morgan fingerprint density at radius 1 is 1.00 bits per heavy atom. The van der Waals surface area contributed by atoms with Gasteiger partial charge >= 0.3 is 12.0 Å². The molecule has 0 aliphatic carbocycles. The van der Waals surface area contributed by atoms with Crippen LogP contribution in [0.15, 0.2) is 48.5 Å². The number of esters is 1. The number of ether oxygens (including phenoxy) is 1. The predicted molar refractivity (Wildman–Crippen MR) is 83.3 cm³/mol. The summed E-state index contributed by atoms with van der Waals surface area (Å²) in [6, 6.07) is 12.6. The molecule has 0 atom stereocenters. The maximum absolute atomic E-state index is 13.4. The standard InChI is InChI=1S/C17H17FN2O3/c1-23-16(21)13-8-6-12(7-9-13)10-19-17(22)20-11-14-4-2-3-5-15(14)18/h2-9H,10-11H2,1H3,(H2,19,20,22). The maximum atomic E-state index is 13.4. The fraction of sp³-hybridized carbons (Fsp3) is 0.176. The van der Waals surface area contributed by atoms with E-state index in [2.05, 4.69) is 15.4 Å². The van der Waals surface area contributed by atoms with E-state index in [1.165, 1.54) is 13.2 Å². The molecule has 0 aromatic heterocycles. The first-order valence-corrected chi connectivity index (χ1v) is 7.02. The maximum Gasteiger partial charge on any atom is 0.337 e. The number of urea groups is 1. The minimum absolute atomic E-state index is 0.111. The summed E-state index contributed by atoms with van der Waals surface area (Å²) in [7, 11) is 1.32. The molecule has 5 nitrogen and oxygen atoms in total. The molecule has 0 heterocycles. The van der Waals surface area contributed by atoms with Gasteiger partial charge in [0.25, 0.3) is 0 Å². The molecule has 0 saturated carbocycles. The Kier molecular flexibility index (Phi) is 5.68. The summed E-state index contributed by atoms with van der Waals surface area (Å²) in [6.07, 6.45) is 0. The Balaban J connectivity index is 1.80. The van der Waals surface area contributed by atoms with Crippen LogP contribution in [0.4, 0.5) is 9.18 Å². The first-order chi connectivity index (χ1) is 11.1. The molecule has 0 bridgehead atoms. The van der Waals surface area contributed by atoms with Crippen molar-refractivity contribution in [2.45, 2.75) is 13.1 Å². The number of benzene rings is 2. The molecule has 0 aliphatic rings. The van der Waals surface area contributed by atoms with E-state index in [1.54, 1.807) is 42.5 Å². The van der Waals surface area contributed by atoms with Crippen molar-refractivity contribution in [3.63, 3.8) is 0 Å². The van der Waals surface area contributed by atoms with Crippen LogP contribution in [0.25, 0.3) is 0 Å². The van der Waals surface area contributed by atoms with Gasteiger partial charge in [-0.05, 0) is 23.8 Å². The van der Waals surface area contributed by atoms with E-state index in [-0.39, 0.29) is 12.4 Å². The highest BCUT2D eigenvalue weighted by Crippen LogP contribution is 2.06. The Morgan fingerprint density at radius 3 is 2.30 bits per heavy atom. The second-order valence-electron chi connectivity index (χ2n) is 4.82. The van der Waals surface area contributed by atoms with E-state index in [4.69, 9.17) is 0 Å². The summed E-state index contributed by atoms with van der Waals surface area (Å²) in [5, 5.41) is 5.25. The highest BCUT2D eigenvalue weighted by Gasteiger charge is 2.06. The van der Waals surface area contributed by atoms with E-state index >= 15 is 0 Å². The first-order valence-electron chi connectivity index (χ1n) is 7.02. The zero-order valence-corrected chi connectivity index (χ0v) is 12.6. The molecule has 2 aromatic carbocycles. The predicted octanol–water partition coefficient (Wildman–Crippen LogP) is 2.61. The lowest BCUT2D eigenvalue weighted by molar-refractivity contribution is 0.0600. The monoisotopic (exact) mass is 316 g/mol. The van der Waals surface area contributed by atoms with Gasteiger partial charge in [-0.1, -0.05) is 30.3 Å². The second-order valence-corrected chi connectivity index (χ2v) is 4.82. The van der Waals surface area contributed by atoms with Crippen LogP contribution in [0.1, 0.15) is 21.5 Å². The zero-order chi connectivity index (χ0) is 16.7. The molecule has 120 valence electrons. The quantitative estimate of drug-likeness (QED) is 0.833. The Bertz CT molecular complexity index is 686.